The van der Waals surface area contributed by atoms with Gasteiger partial charge in [0, 0.05) is 12.7 Å². The van der Waals surface area contributed by atoms with Crippen LogP contribution in [0.3, 0.4) is 0 Å². The first-order chi connectivity index (χ1) is 9.13. The van der Waals surface area contributed by atoms with Gasteiger partial charge < -0.3 is 10.3 Å². The second kappa shape index (κ2) is 4.20. The lowest BCUT2D eigenvalue weighted by Crippen LogP contribution is -2.00. The van der Waals surface area contributed by atoms with Crippen molar-refractivity contribution in [1.82, 2.24) is 24.8 Å². The Bertz CT molecular complexity index is 762. The second-order valence-electron chi connectivity index (χ2n) is 4.11. The summed E-state index contributed by atoms with van der Waals surface area (Å²) in [7, 11) is 0. The SMILES string of the molecule is CCn1c(-c2nonc2N)nc2c(Cl)ncc(C)c21. The lowest BCUT2D eigenvalue weighted by molar-refractivity contribution is 0.310. The minimum atomic E-state index is 0.201. The zero-order chi connectivity index (χ0) is 13.6. The van der Waals surface area contributed by atoms with E-state index in [9.17, 15) is 0 Å². The van der Waals surface area contributed by atoms with E-state index in [1.807, 2.05) is 18.4 Å². The number of nitrogens with zero attached hydrogens (tertiary/aromatic N) is 5. The summed E-state index contributed by atoms with van der Waals surface area (Å²) in [4.78, 5) is 8.57. The number of aromatic nitrogens is 5. The predicted molar refractivity (Wildman–Crippen MR) is 70.7 cm³/mol. The fourth-order valence-corrected chi connectivity index (χ4v) is 2.29. The fraction of sp³-hybridized carbons (Fsp3) is 0.273. The highest BCUT2D eigenvalue weighted by Gasteiger charge is 2.21. The van der Waals surface area contributed by atoms with Crippen molar-refractivity contribution in [1.29, 1.82) is 0 Å². The number of imidazole rings is 1. The Morgan fingerprint density at radius 3 is 2.84 bits per heavy atom. The van der Waals surface area contributed by atoms with Crippen molar-refractivity contribution < 1.29 is 4.63 Å². The lowest BCUT2D eigenvalue weighted by Gasteiger charge is -2.05. The van der Waals surface area contributed by atoms with E-state index in [2.05, 4.69) is 24.9 Å². The quantitative estimate of drug-likeness (QED) is 0.721. The summed E-state index contributed by atoms with van der Waals surface area (Å²) in [6.45, 7) is 4.65. The number of hydrogen-bond donors (Lipinski definition) is 1. The van der Waals surface area contributed by atoms with Gasteiger partial charge in [-0.25, -0.2) is 14.6 Å². The van der Waals surface area contributed by atoms with E-state index in [0.29, 0.717) is 28.7 Å². The third kappa shape index (κ3) is 1.66. The number of anilines is 1. The molecule has 0 fully saturated rings. The Labute approximate surface area is 113 Å². The van der Waals surface area contributed by atoms with Gasteiger partial charge in [-0.15, -0.1) is 0 Å². The van der Waals surface area contributed by atoms with Crippen molar-refractivity contribution in [3.63, 3.8) is 0 Å². The zero-order valence-corrected chi connectivity index (χ0v) is 11.1. The predicted octanol–water partition coefficient (Wildman–Crippen LogP) is 2.05. The molecule has 0 aliphatic heterocycles. The Morgan fingerprint density at radius 1 is 1.42 bits per heavy atom. The van der Waals surface area contributed by atoms with Crippen molar-refractivity contribution >= 4 is 28.5 Å². The van der Waals surface area contributed by atoms with Gasteiger partial charge in [0.2, 0.25) is 0 Å². The Morgan fingerprint density at radius 2 is 2.21 bits per heavy atom. The molecule has 0 atom stereocenters. The van der Waals surface area contributed by atoms with Gasteiger partial charge in [0.15, 0.2) is 22.5 Å². The van der Waals surface area contributed by atoms with Gasteiger partial charge in [0.25, 0.3) is 0 Å². The molecule has 0 aromatic carbocycles. The molecule has 0 spiro atoms. The fourth-order valence-electron chi connectivity index (χ4n) is 2.11. The second-order valence-corrected chi connectivity index (χ2v) is 4.46. The molecule has 3 rings (SSSR count). The third-order valence-electron chi connectivity index (χ3n) is 2.95. The normalized spacial score (nSPS) is 11.3. The van der Waals surface area contributed by atoms with Crippen LogP contribution in [0, 0.1) is 6.92 Å². The third-order valence-corrected chi connectivity index (χ3v) is 3.23. The summed E-state index contributed by atoms with van der Waals surface area (Å²) < 4.78 is 6.60. The number of rotatable bonds is 2. The average Bonchev–Trinajstić information content (AvgIpc) is 2.97. The van der Waals surface area contributed by atoms with Crippen molar-refractivity contribution in [2.24, 2.45) is 0 Å². The van der Waals surface area contributed by atoms with Gasteiger partial charge >= 0.3 is 0 Å². The number of nitrogens with two attached hydrogens (primary N) is 1. The van der Waals surface area contributed by atoms with Crippen molar-refractivity contribution in [2.45, 2.75) is 20.4 Å². The smallest absolute Gasteiger partial charge is 0.199 e. The molecule has 8 heteroatoms. The molecule has 0 bridgehead atoms. The Balaban J connectivity index is 2.41. The molecule has 0 unspecified atom stereocenters. The van der Waals surface area contributed by atoms with Gasteiger partial charge in [0.1, 0.15) is 5.52 Å². The largest absolute Gasteiger partial charge is 0.379 e. The molecule has 0 aliphatic rings. The minimum absolute atomic E-state index is 0.201. The maximum atomic E-state index is 6.09. The van der Waals surface area contributed by atoms with E-state index in [-0.39, 0.29) is 5.82 Å². The van der Waals surface area contributed by atoms with Gasteiger partial charge in [-0.1, -0.05) is 11.6 Å². The summed E-state index contributed by atoms with van der Waals surface area (Å²) in [5.41, 5.74) is 8.66. The van der Waals surface area contributed by atoms with E-state index in [1.165, 1.54) is 0 Å². The van der Waals surface area contributed by atoms with Crippen LogP contribution in [0.2, 0.25) is 5.15 Å². The zero-order valence-electron chi connectivity index (χ0n) is 10.4. The maximum absolute atomic E-state index is 6.09. The number of hydrogen-bond acceptors (Lipinski definition) is 6. The molecule has 3 aromatic rings. The summed E-state index contributed by atoms with van der Waals surface area (Å²) in [5.74, 6) is 0.779. The van der Waals surface area contributed by atoms with E-state index < -0.39 is 0 Å². The van der Waals surface area contributed by atoms with Crippen LogP contribution in [0.4, 0.5) is 5.82 Å². The van der Waals surface area contributed by atoms with E-state index in [4.69, 9.17) is 17.3 Å². The molecular formula is C11H11ClN6O. The molecular weight excluding hydrogens is 268 g/mol. The highest BCUT2D eigenvalue weighted by molar-refractivity contribution is 6.33. The molecule has 0 aliphatic carbocycles. The summed E-state index contributed by atoms with van der Waals surface area (Å²) in [6.07, 6.45) is 1.71. The van der Waals surface area contributed by atoms with Crippen LogP contribution in [-0.4, -0.2) is 24.8 Å². The summed E-state index contributed by atoms with van der Waals surface area (Å²) >= 11 is 6.09. The molecule has 0 saturated carbocycles. The molecule has 0 saturated heterocycles. The monoisotopic (exact) mass is 278 g/mol. The van der Waals surface area contributed by atoms with Crippen LogP contribution in [0.25, 0.3) is 22.6 Å². The van der Waals surface area contributed by atoms with Crippen LogP contribution in [-0.2, 0) is 6.54 Å². The summed E-state index contributed by atoms with van der Waals surface area (Å²) in [6, 6.07) is 0. The van der Waals surface area contributed by atoms with Crippen LogP contribution in [0.1, 0.15) is 12.5 Å². The van der Waals surface area contributed by atoms with Crippen molar-refractivity contribution in [3.05, 3.63) is 16.9 Å². The summed E-state index contributed by atoms with van der Waals surface area (Å²) in [5, 5.41) is 7.72. The van der Waals surface area contributed by atoms with Gasteiger partial charge in [-0.05, 0) is 29.7 Å². The Kier molecular flexibility index (Phi) is 2.63. The van der Waals surface area contributed by atoms with Crippen LogP contribution in [0.15, 0.2) is 10.8 Å². The van der Waals surface area contributed by atoms with E-state index in [1.54, 1.807) is 6.20 Å². The standard InChI is InChI=1S/C11H11ClN6O/c1-3-18-8-5(2)4-14-9(12)6(8)15-11(18)7-10(13)17-19-16-7/h4H,3H2,1-2H3,(H2,13,17). The minimum Gasteiger partial charge on any atom is -0.379 e. The molecule has 3 aromatic heterocycles. The van der Waals surface area contributed by atoms with Gasteiger partial charge in [-0.3, -0.25) is 0 Å². The van der Waals surface area contributed by atoms with Gasteiger partial charge in [-0.2, -0.15) is 0 Å². The first-order valence-corrected chi connectivity index (χ1v) is 6.11. The van der Waals surface area contributed by atoms with E-state index in [0.717, 1.165) is 11.1 Å². The maximum Gasteiger partial charge on any atom is 0.199 e. The van der Waals surface area contributed by atoms with Gasteiger partial charge in [0.05, 0.1) is 5.52 Å². The lowest BCUT2D eigenvalue weighted by atomic mass is 10.2. The topological polar surface area (TPSA) is 95.7 Å². The van der Waals surface area contributed by atoms with Crippen LogP contribution in [0.5, 0.6) is 0 Å². The first kappa shape index (κ1) is 11.9. The average molecular weight is 279 g/mol. The molecule has 19 heavy (non-hydrogen) atoms. The number of halogens is 1. The number of nitrogen functional groups attached to an aromatic ring is 1. The first-order valence-electron chi connectivity index (χ1n) is 5.73. The molecule has 3 heterocycles. The van der Waals surface area contributed by atoms with Crippen molar-refractivity contribution in [3.8, 4) is 11.5 Å². The number of fused-ring (bicyclic) bond motifs is 1. The molecule has 7 nitrogen and oxygen atoms in total. The molecule has 0 radical (unpaired) electrons. The highest BCUT2D eigenvalue weighted by Crippen LogP contribution is 2.30. The van der Waals surface area contributed by atoms with E-state index >= 15 is 0 Å². The van der Waals surface area contributed by atoms with Crippen molar-refractivity contribution in [2.75, 3.05) is 5.73 Å². The molecule has 0 amide bonds. The Hall–Kier alpha value is -2.15. The number of pyridine rings is 1. The van der Waals surface area contributed by atoms with Crippen LogP contribution >= 0.6 is 11.6 Å². The van der Waals surface area contributed by atoms with Crippen LogP contribution < -0.4 is 5.73 Å². The highest BCUT2D eigenvalue weighted by atomic mass is 35.5. The molecule has 2 N–H and O–H groups in total. The molecule has 98 valence electrons. The number of aryl methyl sites for hydroxylation is 2.